The van der Waals surface area contributed by atoms with Crippen LogP contribution in [0.5, 0.6) is 0 Å². The molecule has 0 unspecified atom stereocenters. The number of rotatable bonds is 2. The Balaban J connectivity index is 2.63. The van der Waals surface area contributed by atoms with Gasteiger partial charge in [0.05, 0.1) is 15.7 Å². The number of aromatic nitrogens is 2. The van der Waals surface area contributed by atoms with E-state index in [1.807, 2.05) is 0 Å². The molecule has 7 heteroatoms. The molecule has 98 valence electrons. The minimum atomic E-state index is 0.268. The summed E-state index contributed by atoms with van der Waals surface area (Å²) in [6.07, 6.45) is 0. The van der Waals surface area contributed by atoms with Crippen molar-refractivity contribution in [2.24, 2.45) is 0 Å². The van der Waals surface area contributed by atoms with Crippen LogP contribution >= 0.6 is 23.2 Å². The van der Waals surface area contributed by atoms with E-state index < -0.39 is 0 Å². The van der Waals surface area contributed by atoms with Gasteiger partial charge in [0.25, 0.3) is 0 Å². The van der Waals surface area contributed by atoms with Crippen molar-refractivity contribution in [1.29, 1.82) is 5.26 Å². The lowest BCUT2D eigenvalue weighted by molar-refractivity contribution is 0.875. The Kier molecular flexibility index (Phi) is 3.56. The third-order valence-electron chi connectivity index (χ3n) is 2.59. The van der Waals surface area contributed by atoms with Gasteiger partial charge in [-0.25, -0.2) is 4.68 Å². The predicted molar refractivity (Wildman–Crippen MR) is 77.0 cm³/mol. The molecule has 0 aliphatic heterocycles. The van der Waals surface area contributed by atoms with Gasteiger partial charge in [-0.2, -0.15) is 5.26 Å². The molecule has 0 spiro atoms. The summed E-state index contributed by atoms with van der Waals surface area (Å²) in [4.78, 5) is 1.73. The smallest absolute Gasteiger partial charge is 0.170 e. The average molecular weight is 296 g/mol. The molecular formula is C12H11Cl2N5. The van der Waals surface area contributed by atoms with Crippen LogP contribution in [-0.4, -0.2) is 23.9 Å². The highest BCUT2D eigenvalue weighted by Gasteiger charge is 2.18. The normalized spacial score (nSPS) is 10.3. The van der Waals surface area contributed by atoms with Crippen molar-refractivity contribution in [2.75, 3.05) is 24.7 Å². The zero-order valence-electron chi connectivity index (χ0n) is 10.4. The van der Waals surface area contributed by atoms with Crippen LogP contribution in [0.2, 0.25) is 10.0 Å². The van der Waals surface area contributed by atoms with E-state index in [-0.39, 0.29) is 5.82 Å². The van der Waals surface area contributed by atoms with Gasteiger partial charge in [0.1, 0.15) is 17.5 Å². The molecule has 0 fully saturated rings. The molecule has 1 aromatic heterocycles. The number of nitrogens with zero attached hydrogens (tertiary/aromatic N) is 4. The number of nitriles is 1. The summed E-state index contributed by atoms with van der Waals surface area (Å²) in [5.41, 5.74) is 6.93. The molecule has 0 aliphatic carbocycles. The first kappa shape index (κ1) is 13.5. The maximum Gasteiger partial charge on any atom is 0.170 e. The van der Waals surface area contributed by atoms with E-state index in [4.69, 9.17) is 34.2 Å². The molecule has 19 heavy (non-hydrogen) atoms. The summed E-state index contributed by atoms with van der Waals surface area (Å²) < 4.78 is 1.47. The Morgan fingerprint density at radius 2 is 2.00 bits per heavy atom. The Morgan fingerprint density at radius 3 is 2.47 bits per heavy atom. The van der Waals surface area contributed by atoms with E-state index in [1.54, 1.807) is 37.2 Å². The maximum atomic E-state index is 9.15. The highest BCUT2D eigenvalue weighted by atomic mass is 35.5. The van der Waals surface area contributed by atoms with Crippen LogP contribution in [0.25, 0.3) is 5.69 Å². The van der Waals surface area contributed by atoms with Crippen molar-refractivity contribution >= 4 is 34.8 Å². The molecule has 0 bridgehead atoms. The van der Waals surface area contributed by atoms with Crippen LogP contribution in [0.1, 0.15) is 5.56 Å². The van der Waals surface area contributed by atoms with Crippen molar-refractivity contribution in [1.82, 2.24) is 9.78 Å². The Hall–Kier alpha value is -1.90. The first-order chi connectivity index (χ1) is 8.95. The van der Waals surface area contributed by atoms with E-state index in [1.165, 1.54) is 4.68 Å². The van der Waals surface area contributed by atoms with Crippen molar-refractivity contribution in [3.63, 3.8) is 0 Å². The fraction of sp³-hybridized carbons (Fsp3) is 0.167. The van der Waals surface area contributed by atoms with E-state index in [0.717, 1.165) is 0 Å². The average Bonchev–Trinajstić information content (AvgIpc) is 2.70. The maximum absolute atomic E-state index is 9.15. The lowest BCUT2D eigenvalue weighted by Crippen LogP contribution is -2.11. The zero-order chi connectivity index (χ0) is 14.2. The Labute approximate surface area is 120 Å². The van der Waals surface area contributed by atoms with Gasteiger partial charge in [-0.05, 0) is 18.2 Å². The van der Waals surface area contributed by atoms with Crippen molar-refractivity contribution in [3.05, 3.63) is 33.8 Å². The highest BCUT2D eigenvalue weighted by molar-refractivity contribution is 6.42. The standard InChI is InChI=1S/C12H11Cl2N5/c1-18(2)12-8(6-15)11(16)19(17-12)7-3-4-9(13)10(14)5-7/h3-5H,16H2,1-2H3. The SMILES string of the molecule is CN(C)c1nn(-c2ccc(Cl)c(Cl)c2)c(N)c1C#N. The molecule has 5 nitrogen and oxygen atoms in total. The summed E-state index contributed by atoms with van der Waals surface area (Å²) in [6, 6.07) is 7.09. The molecule has 2 rings (SSSR count). The first-order valence-electron chi connectivity index (χ1n) is 5.37. The van der Waals surface area contributed by atoms with E-state index in [0.29, 0.717) is 27.1 Å². The van der Waals surface area contributed by atoms with E-state index in [2.05, 4.69) is 11.2 Å². The van der Waals surface area contributed by atoms with Gasteiger partial charge in [0, 0.05) is 14.1 Å². The van der Waals surface area contributed by atoms with Gasteiger partial charge in [0.2, 0.25) is 0 Å². The summed E-state index contributed by atoms with van der Waals surface area (Å²) in [5, 5.41) is 14.3. The molecule has 2 aromatic rings. The first-order valence-corrected chi connectivity index (χ1v) is 6.12. The number of anilines is 2. The van der Waals surface area contributed by atoms with Gasteiger partial charge in [-0.1, -0.05) is 23.2 Å². The second-order valence-corrected chi connectivity index (χ2v) is 4.91. The van der Waals surface area contributed by atoms with E-state index in [9.17, 15) is 0 Å². The summed E-state index contributed by atoms with van der Waals surface area (Å²) in [7, 11) is 3.59. The van der Waals surface area contributed by atoms with E-state index >= 15 is 0 Å². The summed E-state index contributed by atoms with van der Waals surface area (Å²) in [5.74, 6) is 0.774. The van der Waals surface area contributed by atoms with Crippen LogP contribution in [0.3, 0.4) is 0 Å². The Morgan fingerprint density at radius 1 is 1.32 bits per heavy atom. The number of nitrogen functional groups attached to an aromatic ring is 1. The fourth-order valence-electron chi connectivity index (χ4n) is 1.65. The second-order valence-electron chi connectivity index (χ2n) is 4.10. The van der Waals surface area contributed by atoms with Crippen LogP contribution in [0.4, 0.5) is 11.6 Å². The van der Waals surface area contributed by atoms with Gasteiger partial charge in [-0.15, -0.1) is 5.10 Å². The van der Waals surface area contributed by atoms with Crippen molar-refractivity contribution < 1.29 is 0 Å². The molecule has 0 radical (unpaired) electrons. The molecule has 0 amide bonds. The Bertz CT molecular complexity index is 669. The third kappa shape index (κ3) is 2.33. The van der Waals surface area contributed by atoms with Crippen LogP contribution in [0, 0.1) is 11.3 Å². The number of benzene rings is 1. The zero-order valence-corrected chi connectivity index (χ0v) is 11.9. The summed E-state index contributed by atoms with van der Waals surface area (Å²) in [6.45, 7) is 0. The molecule has 2 N–H and O–H groups in total. The highest BCUT2D eigenvalue weighted by Crippen LogP contribution is 2.29. The number of hydrogen-bond acceptors (Lipinski definition) is 4. The third-order valence-corrected chi connectivity index (χ3v) is 3.32. The predicted octanol–water partition coefficient (Wildman–Crippen LogP) is 2.70. The van der Waals surface area contributed by atoms with Crippen molar-refractivity contribution in [3.8, 4) is 11.8 Å². The number of halogens is 2. The minimum absolute atomic E-state index is 0.268. The molecule has 1 heterocycles. The lowest BCUT2D eigenvalue weighted by Gasteiger charge is -2.07. The summed E-state index contributed by atoms with van der Waals surface area (Å²) >= 11 is 11.8. The molecule has 0 atom stereocenters. The molecule has 0 saturated heterocycles. The van der Waals surface area contributed by atoms with Gasteiger partial charge >= 0.3 is 0 Å². The quantitative estimate of drug-likeness (QED) is 0.925. The molecule has 0 aliphatic rings. The monoisotopic (exact) mass is 295 g/mol. The lowest BCUT2D eigenvalue weighted by atomic mass is 10.3. The topological polar surface area (TPSA) is 70.9 Å². The van der Waals surface area contributed by atoms with Crippen LogP contribution < -0.4 is 10.6 Å². The van der Waals surface area contributed by atoms with Crippen LogP contribution in [0.15, 0.2) is 18.2 Å². The van der Waals surface area contributed by atoms with Gasteiger partial charge < -0.3 is 10.6 Å². The van der Waals surface area contributed by atoms with Gasteiger partial charge in [0.15, 0.2) is 5.82 Å². The number of hydrogen-bond donors (Lipinski definition) is 1. The van der Waals surface area contributed by atoms with Gasteiger partial charge in [-0.3, -0.25) is 0 Å². The molecule has 1 aromatic carbocycles. The number of nitrogens with two attached hydrogens (primary N) is 1. The minimum Gasteiger partial charge on any atom is -0.382 e. The molecular weight excluding hydrogens is 285 g/mol. The van der Waals surface area contributed by atoms with Crippen molar-refractivity contribution in [2.45, 2.75) is 0 Å². The second kappa shape index (κ2) is 5.00. The molecule has 0 saturated carbocycles. The van der Waals surface area contributed by atoms with Crippen LogP contribution in [-0.2, 0) is 0 Å². The largest absolute Gasteiger partial charge is 0.382 e. The fourth-order valence-corrected chi connectivity index (χ4v) is 1.95.